The predicted molar refractivity (Wildman–Crippen MR) is 110 cm³/mol. The summed E-state index contributed by atoms with van der Waals surface area (Å²) in [7, 11) is 4.54. The van der Waals surface area contributed by atoms with Crippen LogP contribution in [0, 0.1) is 0 Å². The number of rotatable bonds is 6. The zero-order chi connectivity index (χ0) is 20.8. The van der Waals surface area contributed by atoms with Crippen LogP contribution in [0.2, 0.25) is 0 Å². The van der Waals surface area contributed by atoms with Crippen LogP contribution in [0.1, 0.15) is 15.9 Å². The Morgan fingerprint density at radius 2 is 1.59 bits per heavy atom. The molecule has 2 aromatic rings. The van der Waals surface area contributed by atoms with Gasteiger partial charge < -0.3 is 24.0 Å². The second-order valence-electron chi connectivity index (χ2n) is 6.74. The third-order valence-corrected chi connectivity index (χ3v) is 5.09. The second kappa shape index (κ2) is 9.32. The summed E-state index contributed by atoms with van der Waals surface area (Å²) < 4.78 is 15.4. The molecule has 1 amide bonds. The fraction of sp³-hybridized carbons (Fsp3) is 0.364. The summed E-state index contributed by atoms with van der Waals surface area (Å²) in [6, 6.07) is 12.9. The number of ether oxygens (including phenoxy) is 3. The molecule has 1 fully saturated rings. The van der Waals surface area contributed by atoms with Gasteiger partial charge in [0.1, 0.15) is 0 Å². The Morgan fingerprint density at radius 3 is 2.24 bits per heavy atom. The molecular weight excluding hydrogens is 372 g/mol. The third-order valence-electron chi connectivity index (χ3n) is 5.09. The van der Waals surface area contributed by atoms with Crippen molar-refractivity contribution in [2.24, 2.45) is 0 Å². The number of para-hydroxylation sites is 1. The van der Waals surface area contributed by atoms with E-state index in [9.17, 15) is 9.59 Å². The smallest absolute Gasteiger partial charge is 0.339 e. The number of anilines is 1. The first kappa shape index (κ1) is 20.5. The van der Waals surface area contributed by atoms with Crippen molar-refractivity contribution in [1.29, 1.82) is 0 Å². The van der Waals surface area contributed by atoms with Crippen molar-refractivity contribution in [3.8, 4) is 11.5 Å². The van der Waals surface area contributed by atoms with Crippen LogP contribution in [-0.4, -0.2) is 64.3 Å². The van der Waals surface area contributed by atoms with Crippen molar-refractivity contribution in [3.63, 3.8) is 0 Å². The molecule has 0 aromatic heterocycles. The SMILES string of the molecule is COC(=O)c1ccccc1N1CCN(C(=O)Cc2ccc(OC)c(OC)c2)CC1. The first-order valence-corrected chi connectivity index (χ1v) is 9.48. The Bertz CT molecular complexity index is 875. The highest BCUT2D eigenvalue weighted by Gasteiger charge is 2.24. The number of hydrogen-bond acceptors (Lipinski definition) is 6. The lowest BCUT2D eigenvalue weighted by Gasteiger charge is -2.36. The normalized spacial score (nSPS) is 13.8. The third kappa shape index (κ3) is 4.62. The monoisotopic (exact) mass is 398 g/mol. The van der Waals surface area contributed by atoms with Gasteiger partial charge in [0.25, 0.3) is 0 Å². The Hall–Kier alpha value is -3.22. The van der Waals surface area contributed by atoms with Crippen LogP contribution >= 0.6 is 0 Å². The molecule has 0 unspecified atom stereocenters. The van der Waals surface area contributed by atoms with Gasteiger partial charge in [-0.05, 0) is 29.8 Å². The van der Waals surface area contributed by atoms with Crippen LogP contribution in [0.15, 0.2) is 42.5 Å². The summed E-state index contributed by atoms with van der Waals surface area (Å²) in [5.74, 6) is 0.967. The highest BCUT2D eigenvalue weighted by molar-refractivity contribution is 5.95. The van der Waals surface area contributed by atoms with Gasteiger partial charge in [0.05, 0.1) is 39.0 Å². The number of amides is 1. The van der Waals surface area contributed by atoms with E-state index in [2.05, 4.69) is 4.90 Å². The summed E-state index contributed by atoms with van der Waals surface area (Å²) in [5.41, 5.74) is 2.26. The van der Waals surface area contributed by atoms with Gasteiger partial charge in [-0.2, -0.15) is 0 Å². The number of esters is 1. The molecule has 1 saturated heterocycles. The molecule has 2 aromatic carbocycles. The molecule has 7 heteroatoms. The van der Waals surface area contributed by atoms with E-state index in [4.69, 9.17) is 14.2 Å². The topological polar surface area (TPSA) is 68.3 Å². The van der Waals surface area contributed by atoms with Crippen molar-refractivity contribution < 1.29 is 23.8 Å². The van der Waals surface area contributed by atoms with E-state index in [1.165, 1.54) is 7.11 Å². The molecule has 1 heterocycles. The van der Waals surface area contributed by atoms with Gasteiger partial charge in [-0.25, -0.2) is 4.79 Å². The quantitative estimate of drug-likeness (QED) is 0.696. The maximum absolute atomic E-state index is 12.7. The Kier molecular flexibility index (Phi) is 6.59. The van der Waals surface area contributed by atoms with Crippen molar-refractivity contribution in [1.82, 2.24) is 4.90 Å². The predicted octanol–water partition coefficient (Wildman–Crippen LogP) is 2.38. The molecule has 7 nitrogen and oxygen atoms in total. The lowest BCUT2D eigenvalue weighted by molar-refractivity contribution is -0.130. The summed E-state index contributed by atoms with van der Waals surface area (Å²) in [5, 5.41) is 0. The first-order chi connectivity index (χ1) is 14.1. The Morgan fingerprint density at radius 1 is 0.897 bits per heavy atom. The van der Waals surface area contributed by atoms with E-state index in [0.717, 1.165) is 11.3 Å². The second-order valence-corrected chi connectivity index (χ2v) is 6.74. The molecule has 154 valence electrons. The number of methoxy groups -OCH3 is 3. The van der Waals surface area contributed by atoms with E-state index >= 15 is 0 Å². The zero-order valence-corrected chi connectivity index (χ0v) is 17.0. The number of carbonyl (C=O) groups excluding carboxylic acids is 2. The van der Waals surface area contributed by atoms with Gasteiger partial charge in [-0.15, -0.1) is 0 Å². The van der Waals surface area contributed by atoms with E-state index in [1.54, 1.807) is 20.3 Å². The Balaban J connectivity index is 1.63. The minimum atomic E-state index is -0.354. The standard InChI is InChI=1S/C22H26N2O5/c1-27-19-9-8-16(14-20(19)28-2)15-21(25)24-12-10-23(11-13-24)18-7-5-4-6-17(18)22(26)29-3/h4-9,14H,10-13,15H2,1-3H3. The number of carbonyl (C=O) groups is 2. The zero-order valence-electron chi connectivity index (χ0n) is 17.0. The van der Waals surface area contributed by atoms with E-state index in [0.29, 0.717) is 49.7 Å². The van der Waals surface area contributed by atoms with Crippen LogP contribution in [0.4, 0.5) is 5.69 Å². The van der Waals surface area contributed by atoms with Crippen LogP contribution in [-0.2, 0) is 16.0 Å². The van der Waals surface area contributed by atoms with Crippen LogP contribution in [0.3, 0.4) is 0 Å². The van der Waals surface area contributed by atoms with E-state index < -0.39 is 0 Å². The molecular formula is C22H26N2O5. The van der Waals surface area contributed by atoms with Crippen molar-refractivity contribution >= 4 is 17.6 Å². The number of piperazine rings is 1. The molecule has 0 spiro atoms. The molecule has 3 rings (SSSR count). The van der Waals surface area contributed by atoms with Gasteiger partial charge >= 0.3 is 5.97 Å². The highest BCUT2D eigenvalue weighted by Crippen LogP contribution is 2.28. The largest absolute Gasteiger partial charge is 0.493 e. The minimum absolute atomic E-state index is 0.0677. The maximum atomic E-state index is 12.7. The lowest BCUT2D eigenvalue weighted by Crippen LogP contribution is -2.49. The molecule has 0 bridgehead atoms. The van der Waals surface area contributed by atoms with Gasteiger partial charge in [-0.3, -0.25) is 4.79 Å². The number of hydrogen-bond donors (Lipinski definition) is 0. The van der Waals surface area contributed by atoms with Crippen molar-refractivity contribution in [3.05, 3.63) is 53.6 Å². The summed E-state index contributed by atoms with van der Waals surface area (Å²) in [6.45, 7) is 2.51. The summed E-state index contributed by atoms with van der Waals surface area (Å²) >= 11 is 0. The van der Waals surface area contributed by atoms with Crippen molar-refractivity contribution in [2.75, 3.05) is 52.4 Å². The summed E-state index contributed by atoms with van der Waals surface area (Å²) in [4.78, 5) is 28.7. The average Bonchev–Trinajstić information content (AvgIpc) is 2.78. The Labute approximate surface area is 170 Å². The number of benzene rings is 2. The highest BCUT2D eigenvalue weighted by atomic mass is 16.5. The van der Waals surface area contributed by atoms with Crippen LogP contribution in [0.5, 0.6) is 11.5 Å². The van der Waals surface area contributed by atoms with E-state index in [1.807, 2.05) is 41.3 Å². The molecule has 0 atom stereocenters. The molecule has 0 N–H and O–H groups in total. The molecule has 0 aliphatic carbocycles. The van der Waals surface area contributed by atoms with E-state index in [-0.39, 0.29) is 11.9 Å². The fourth-order valence-corrected chi connectivity index (χ4v) is 3.51. The van der Waals surface area contributed by atoms with Gasteiger partial charge in [0.2, 0.25) is 5.91 Å². The first-order valence-electron chi connectivity index (χ1n) is 9.48. The van der Waals surface area contributed by atoms with Crippen molar-refractivity contribution in [2.45, 2.75) is 6.42 Å². The fourth-order valence-electron chi connectivity index (χ4n) is 3.51. The molecule has 0 saturated carbocycles. The van der Waals surface area contributed by atoms with Gasteiger partial charge in [-0.1, -0.05) is 18.2 Å². The maximum Gasteiger partial charge on any atom is 0.339 e. The van der Waals surface area contributed by atoms with Crippen LogP contribution in [0.25, 0.3) is 0 Å². The minimum Gasteiger partial charge on any atom is -0.493 e. The average molecular weight is 398 g/mol. The number of nitrogens with zero attached hydrogens (tertiary/aromatic N) is 2. The summed E-state index contributed by atoms with van der Waals surface area (Å²) in [6.07, 6.45) is 0.305. The van der Waals surface area contributed by atoms with Gasteiger partial charge in [0, 0.05) is 26.2 Å². The molecule has 1 aliphatic heterocycles. The van der Waals surface area contributed by atoms with Gasteiger partial charge in [0.15, 0.2) is 11.5 Å². The van der Waals surface area contributed by atoms with Crippen LogP contribution < -0.4 is 14.4 Å². The molecule has 1 aliphatic rings. The lowest BCUT2D eigenvalue weighted by atomic mass is 10.1. The molecule has 29 heavy (non-hydrogen) atoms. The molecule has 0 radical (unpaired) electrons.